The second-order valence-electron chi connectivity index (χ2n) is 9.52. The summed E-state index contributed by atoms with van der Waals surface area (Å²) < 4.78 is 28.3. The van der Waals surface area contributed by atoms with E-state index >= 15 is 0 Å². The van der Waals surface area contributed by atoms with Crippen LogP contribution in [0.3, 0.4) is 0 Å². The molecule has 40 heavy (non-hydrogen) atoms. The van der Waals surface area contributed by atoms with Crippen molar-refractivity contribution in [3.8, 4) is 23.0 Å². The van der Waals surface area contributed by atoms with Gasteiger partial charge in [0.1, 0.15) is 12.4 Å². The highest BCUT2D eigenvalue weighted by molar-refractivity contribution is 7.99. The summed E-state index contributed by atoms with van der Waals surface area (Å²) >= 11 is 1.70. The summed E-state index contributed by atoms with van der Waals surface area (Å²) in [6.07, 6.45) is 0.863. The van der Waals surface area contributed by atoms with E-state index in [9.17, 15) is 9.59 Å². The van der Waals surface area contributed by atoms with Gasteiger partial charge in [-0.15, -0.1) is 0 Å². The highest BCUT2D eigenvalue weighted by atomic mass is 32.2. The minimum atomic E-state index is -0.705. The summed E-state index contributed by atoms with van der Waals surface area (Å²) in [6, 6.07) is 11.4. The number of nitrogens with one attached hydrogen (secondary N) is 1. The summed E-state index contributed by atoms with van der Waals surface area (Å²) in [5.74, 6) is 2.37. The normalized spacial score (nSPS) is 18.6. The number of ketones is 1. The molecule has 8 nitrogen and oxygen atoms in total. The van der Waals surface area contributed by atoms with Gasteiger partial charge in [-0.05, 0) is 36.8 Å². The minimum Gasteiger partial charge on any atom is -0.496 e. The van der Waals surface area contributed by atoms with Crippen molar-refractivity contribution in [3.05, 3.63) is 70.1 Å². The van der Waals surface area contributed by atoms with Crippen LogP contribution in [-0.4, -0.2) is 58.3 Å². The average Bonchev–Trinajstić information content (AvgIpc) is 2.97. The number of hydrogen-bond donors (Lipinski definition) is 1. The maximum Gasteiger partial charge on any atom is 0.336 e. The average molecular weight is 568 g/mol. The lowest BCUT2D eigenvalue weighted by molar-refractivity contribution is -0.138. The Morgan fingerprint density at radius 2 is 1.65 bits per heavy atom. The molecule has 2 aromatic carbocycles. The van der Waals surface area contributed by atoms with E-state index in [0.717, 1.165) is 22.8 Å². The first-order chi connectivity index (χ1) is 19.4. The van der Waals surface area contributed by atoms with Gasteiger partial charge in [-0.1, -0.05) is 31.2 Å². The second-order valence-corrected chi connectivity index (χ2v) is 10.9. The van der Waals surface area contributed by atoms with Crippen LogP contribution in [0.5, 0.6) is 23.0 Å². The zero-order valence-corrected chi connectivity index (χ0v) is 24.7. The van der Waals surface area contributed by atoms with Crippen molar-refractivity contribution < 1.29 is 33.3 Å². The summed E-state index contributed by atoms with van der Waals surface area (Å²) in [6.45, 7) is 4.18. The van der Waals surface area contributed by atoms with Crippen molar-refractivity contribution in [2.45, 2.75) is 38.5 Å². The Kier molecular flexibility index (Phi) is 9.68. The Balaban J connectivity index is 1.84. The number of thioether (sulfide) groups is 1. The predicted molar refractivity (Wildman–Crippen MR) is 156 cm³/mol. The number of allylic oxidation sites excluding steroid dienone is 3. The Hall–Kier alpha value is -3.59. The largest absolute Gasteiger partial charge is 0.496 e. The molecule has 214 valence electrons. The highest BCUT2D eigenvalue weighted by Crippen LogP contribution is 2.51. The number of benzene rings is 2. The lowest BCUT2D eigenvalue weighted by Crippen LogP contribution is -2.36. The van der Waals surface area contributed by atoms with Crippen LogP contribution >= 0.6 is 11.8 Å². The van der Waals surface area contributed by atoms with E-state index in [0.29, 0.717) is 51.8 Å². The van der Waals surface area contributed by atoms with Crippen LogP contribution in [0.25, 0.3) is 0 Å². The molecule has 0 unspecified atom stereocenters. The first-order valence-corrected chi connectivity index (χ1v) is 14.5. The number of dihydropyridines is 1. The second kappa shape index (κ2) is 13.2. The smallest absolute Gasteiger partial charge is 0.336 e. The molecule has 2 aliphatic rings. The molecule has 0 amide bonds. The first kappa shape index (κ1) is 29.4. The molecular formula is C31H37NO7S. The SMILES string of the molecule is CCSCCOC(=O)C1=C(C)NC2=C(C(=O)C[C@@H](c3ccccc3OC)C2)[C@H]1c1ccc(OC)c(OC)c1OC. The van der Waals surface area contributed by atoms with Crippen molar-refractivity contribution in [3.63, 3.8) is 0 Å². The number of para-hydroxylation sites is 1. The summed E-state index contributed by atoms with van der Waals surface area (Å²) in [5.41, 5.74) is 3.96. The Morgan fingerprint density at radius 3 is 2.33 bits per heavy atom. The Morgan fingerprint density at radius 1 is 0.925 bits per heavy atom. The fourth-order valence-corrected chi connectivity index (χ4v) is 6.10. The molecule has 0 aromatic heterocycles. The van der Waals surface area contributed by atoms with Crippen LogP contribution in [0, 0.1) is 0 Å². The standard InChI is InChI=1S/C31H37NO7S/c1-7-40-15-14-39-31(34)26-18(2)32-22-16-19(20-10-8-9-11-24(20)35-3)17-23(33)28(22)27(26)21-12-13-25(36-4)30(38-6)29(21)37-5/h8-13,19,27,32H,7,14-17H2,1-6H3/t19-,27-/m0/s1. The van der Waals surface area contributed by atoms with Crippen LogP contribution in [0.1, 0.15) is 49.7 Å². The highest BCUT2D eigenvalue weighted by Gasteiger charge is 2.43. The minimum absolute atomic E-state index is 0.0502. The maximum atomic E-state index is 14.0. The van der Waals surface area contributed by atoms with Crippen LogP contribution in [0.15, 0.2) is 58.9 Å². The molecule has 1 aliphatic heterocycles. The van der Waals surface area contributed by atoms with Gasteiger partial charge in [-0.3, -0.25) is 4.79 Å². The van der Waals surface area contributed by atoms with Crippen molar-refractivity contribution >= 4 is 23.5 Å². The molecule has 9 heteroatoms. The third kappa shape index (κ3) is 5.66. The molecule has 0 radical (unpaired) electrons. The summed E-state index contributed by atoms with van der Waals surface area (Å²) in [4.78, 5) is 27.6. The van der Waals surface area contributed by atoms with Crippen molar-refractivity contribution in [2.75, 3.05) is 46.6 Å². The lowest BCUT2D eigenvalue weighted by Gasteiger charge is -2.37. The first-order valence-electron chi connectivity index (χ1n) is 13.3. The predicted octanol–water partition coefficient (Wildman–Crippen LogP) is 5.38. The van der Waals surface area contributed by atoms with Gasteiger partial charge in [0, 0.05) is 40.6 Å². The lowest BCUT2D eigenvalue weighted by atomic mass is 9.71. The van der Waals surface area contributed by atoms with Gasteiger partial charge >= 0.3 is 5.97 Å². The van der Waals surface area contributed by atoms with E-state index in [1.54, 1.807) is 32.0 Å². The monoisotopic (exact) mass is 567 g/mol. The molecule has 1 heterocycles. The molecule has 0 saturated heterocycles. The van der Waals surface area contributed by atoms with E-state index in [2.05, 4.69) is 12.2 Å². The third-order valence-electron chi connectivity index (χ3n) is 7.34. The van der Waals surface area contributed by atoms with Crippen LogP contribution in [-0.2, 0) is 14.3 Å². The summed E-state index contributed by atoms with van der Waals surface area (Å²) in [7, 11) is 6.25. The molecule has 2 aromatic rings. The molecular weight excluding hydrogens is 530 g/mol. The molecule has 0 spiro atoms. The quantitative estimate of drug-likeness (QED) is 0.284. The molecule has 1 N–H and O–H groups in total. The van der Waals surface area contributed by atoms with Gasteiger partial charge in [0.2, 0.25) is 5.75 Å². The van der Waals surface area contributed by atoms with Gasteiger partial charge in [0.25, 0.3) is 0 Å². The van der Waals surface area contributed by atoms with E-state index in [1.165, 1.54) is 14.2 Å². The Bertz CT molecular complexity index is 1330. The van der Waals surface area contributed by atoms with Gasteiger partial charge in [0.05, 0.1) is 39.9 Å². The van der Waals surface area contributed by atoms with Crippen LogP contribution in [0.4, 0.5) is 0 Å². The number of ether oxygens (including phenoxy) is 5. The van der Waals surface area contributed by atoms with E-state index in [4.69, 9.17) is 23.7 Å². The van der Waals surface area contributed by atoms with Gasteiger partial charge < -0.3 is 29.0 Å². The number of carbonyl (C=O) groups is 2. The maximum absolute atomic E-state index is 14.0. The van der Waals surface area contributed by atoms with Gasteiger partial charge in [-0.2, -0.15) is 11.8 Å². The van der Waals surface area contributed by atoms with E-state index in [1.807, 2.05) is 37.3 Å². The molecule has 2 atom stereocenters. The summed E-state index contributed by atoms with van der Waals surface area (Å²) in [5, 5.41) is 3.40. The number of Topliss-reactive ketones (excluding diaryl/α,β-unsaturated/α-hetero) is 1. The fraction of sp³-hybridized carbons (Fsp3) is 0.419. The fourth-order valence-electron chi connectivity index (χ4n) is 5.61. The van der Waals surface area contributed by atoms with Gasteiger partial charge in [0.15, 0.2) is 17.3 Å². The third-order valence-corrected chi connectivity index (χ3v) is 8.20. The van der Waals surface area contributed by atoms with Crippen molar-refractivity contribution in [1.82, 2.24) is 5.32 Å². The molecule has 0 saturated carbocycles. The zero-order valence-electron chi connectivity index (χ0n) is 23.9. The van der Waals surface area contributed by atoms with E-state index < -0.39 is 11.9 Å². The Labute approximate surface area is 240 Å². The number of esters is 1. The number of methoxy groups -OCH3 is 4. The molecule has 1 aliphatic carbocycles. The van der Waals surface area contributed by atoms with Crippen LogP contribution in [0.2, 0.25) is 0 Å². The molecule has 4 rings (SSSR count). The van der Waals surface area contributed by atoms with Gasteiger partial charge in [-0.25, -0.2) is 4.79 Å². The molecule has 0 bridgehead atoms. The number of rotatable bonds is 11. The van der Waals surface area contributed by atoms with Crippen molar-refractivity contribution in [1.29, 1.82) is 0 Å². The zero-order chi connectivity index (χ0) is 28.8. The van der Waals surface area contributed by atoms with Crippen molar-refractivity contribution in [2.24, 2.45) is 0 Å². The van der Waals surface area contributed by atoms with Crippen LogP contribution < -0.4 is 24.3 Å². The molecule has 0 fully saturated rings. The number of carbonyl (C=O) groups excluding carboxylic acids is 2. The number of hydrogen-bond acceptors (Lipinski definition) is 9. The topological polar surface area (TPSA) is 92.3 Å². The van der Waals surface area contributed by atoms with E-state index in [-0.39, 0.29) is 24.7 Å².